The molecule has 0 spiro atoms. The van der Waals surface area contributed by atoms with Crippen LogP contribution in [0, 0.1) is 0 Å². The van der Waals surface area contributed by atoms with Crippen molar-refractivity contribution >= 4 is 11.8 Å². The van der Waals surface area contributed by atoms with Gasteiger partial charge in [0.25, 0.3) is 0 Å². The standard InChI is InChI=1S/C10H23NOS/c1-3-12-9-8-11-7-5-4-6-10-13-2/h11H,3-10H2,1-2H3. The summed E-state index contributed by atoms with van der Waals surface area (Å²) < 4.78 is 5.21. The molecule has 0 aliphatic heterocycles. The highest BCUT2D eigenvalue weighted by atomic mass is 32.2. The first-order chi connectivity index (χ1) is 6.41. The molecule has 0 saturated heterocycles. The van der Waals surface area contributed by atoms with Crippen molar-refractivity contribution in [2.24, 2.45) is 0 Å². The van der Waals surface area contributed by atoms with Crippen LogP contribution in [-0.4, -0.2) is 38.3 Å². The predicted octanol–water partition coefficient (Wildman–Crippen LogP) is 2.15. The van der Waals surface area contributed by atoms with Gasteiger partial charge in [0.1, 0.15) is 0 Å². The van der Waals surface area contributed by atoms with Gasteiger partial charge in [-0.25, -0.2) is 0 Å². The van der Waals surface area contributed by atoms with E-state index in [2.05, 4.69) is 11.6 Å². The van der Waals surface area contributed by atoms with Crippen LogP contribution in [0.4, 0.5) is 0 Å². The molecule has 3 heteroatoms. The summed E-state index contributed by atoms with van der Waals surface area (Å²) in [5.41, 5.74) is 0. The summed E-state index contributed by atoms with van der Waals surface area (Å²) in [6.07, 6.45) is 6.17. The number of unbranched alkanes of at least 4 members (excludes halogenated alkanes) is 2. The molecule has 0 radical (unpaired) electrons. The summed E-state index contributed by atoms with van der Waals surface area (Å²) >= 11 is 1.94. The maximum Gasteiger partial charge on any atom is 0.0590 e. The average molecular weight is 205 g/mol. The first-order valence-corrected chi connectivity index (χ1v) is 6.58. The average Bonchev–Trinajstić information content (AvgIpc) is 2.16. The van der Waals surface area contributed by atoms with Crippen molar-refractivity contribution in [1.29, 1.82) is 0 Å². The van der Waals surface area contributed by atoms with Crippen LogP contribution in [0.2, 0.25) is 0 Å². The molecule has 0 amide bonds. The lowest BCUT2D eigenvalue weighted by Gasteiger charge is -2.04. The minimum absolute atomic E-state index is 0.829. The maximum absolute atomic E-state index is 5.21. The van der Waals surface area contributed by atoms with E-state index in [4.69, 9.17) is 4.74 Å². The summed E-state index contributed by atoms with van der Waals surface area (Å²) in [7, 11) is 0. The molecule has 2 nitrogen and oxygen atoms in total. The molecule has 0 aliphatic rings. The number of nitrogens with one attached hydrogen (secondary N) is 1. The number of hydrogen-bond donors (Lipinski definition) is 1. The first-order valence-electron chi connectivity index (χ1n) is 5.19. The van der Waals surface area contributed by atoms with Gasteiger partial charge in [0.15, 0.2) is 0 Å². The van der Waals surface area contributed by atoms with Gasteiger partial charge in [-0.3, -0.25) is 0 Å². The lowest BCUT2D eigenvalue weighted by Crippen LogP contribution is -2.20. The highest BCUT2D eigenvalue weighted by molar-refractivity contribution is 7.98. The minimum Gasteiger partial charge on any atom is -0.380 e. The van der Waals surface area contributed by atoms with E-state index < -0.39 is 0 Å². The van der Waals surface area contributed by atoms with Gasteiger partial charge in [-0.05, 0) is 38.3 Å². The Morgan fingerprint density at radius 3 is 2.69 bits per heavy atom. The van der Waals surface area contributed by atoms with Crippen LogP contribution >= 0.6 is 11.8 Å². The molecule has 13 heavy (non-hydrogen) atoms. The Morgan fingerprint density at radius 1 is 1.15 bits per heavy atom. The summed E-state index contributed by atoms with van der Waals surface area (Å²) in [6, 6.07) is 0. The predicted molar refractivity (Wildman–Crippen MR) is 61.6 cm³/mol. The Hall–Kier alpha value is 0.270. The summed E-state index contributed by atoms with van der Waals surface area (Å²) in [4.78, 5) is 0. The zero-order valence-electron chi connectivity index (χ0n) is 8.97. The van der Waals surface area contributed by atoms with Crippen LogP contribution in [0.1, 0.15) is 26.2 Å². The van der Waals surface area contributed by atoms with E-state index in [0.29, 0.717) is 0 Å². The molecular formula is C10H23NOS. The number of ether oxygens (including phenoxy) is 1. The molecular weight excluding hydrogens is 182 g/mol. The van der Waals surface area contributed by atoms with Gasteiger partial charge in [-0.1, -0.05) is 6.42 Å². The minimum atomic E-state index is 0.829. The molecule has 0 aliphatic carbocycles. The second-order valence-electron chi connectivity index (χ2n) is 3.00. The van der Waals surface area contributed by atoms with Crippen LogP contribution in [-0.2, 0) is 4.74 Å². The van der Waals surface area contributed by atoms with Crippen LogP contribution in [0.5, 0.6) is 0 Å². The second-order valence-corrected chi connectivity index (χ2v) is 3.99. The van der Waals surface area contributed by atoms with E-state index in [0.717, 1.165) is 26.3 Å². The number of thioether (sulfide) groups is 1. The van der Waals surface area contributed by atoms with Gasteiger partial charge in [-0.15, -0.1) is 0 Å². The SMILES string of the molecule is CCOCCNCCCCCSC. The summed E-state index contributed by atoms with van der Waals surface area (Å²) in [5.74, 6) is 1.30. The molecule has 0 rings (SSSR count). The topological polar surface area (TPSA) is 21.3 Å². The Bertz CT molecular complexity index is 81.0. The number of rotatable bonds is 10. The molecule has 80 valence electrons. The van der Waals surface area contributed by atoms with Crippen LogP contribution < -0.4 is 5.32 Å². The Kier molecular flexibility index (Phi) is 12.5. The van der Waals surface area contributed by atoms with Gasteiger partial charge in [0.05, 0.1) is 6.61 Å². The van der Waals surface area contributed by atoms with Crippen LogP contribution in [0.3, 0.4) is 0 Å². The largest absolute Gasteiger partial charge is 0.380 e. The fourth-order valence-corrected chi connectivity index (χ4v) is 1.58. The monoisotopic (exact) mass is 205 g/mol. The molecule has 0 aromatic rings. The third-order valence-corrected chi connectivity index (χ3v) is 2.53. The zero-order chi connectivity index (χ0) is 9.78. The normalized spacial score (nSPS) is 10.6. The highest BCUT2D eigenvalue weighted by Gasteiger charge is 1.89. The molecule has 0 saturated carbocycles. The van der Waals surface area contributed by atoms with Crippen molar-refractivity contribution in [2.75, 3.05) is 38.3 Å². The van der Waals surface area contributed by atoms with Crippen molar-refractivity contribution in [2.45, 2.75) is 26.2 Å². The quantitative estimate of drug-likeness (QED) is 0.552. The van der Waals surface area contributed by atoms with E-state index >= 15 is 0 Å². The van der Waals surface area contributed by atoms with E-state index in [1.807, 2.05) is 18.7 Å². The van der Waals surface area contributed by atoms with E-state index in [1.54, 1.807) is 0 Å². The van der Waals surface area contributed by atoms with Crippen molar-refractivity contribution in [3.05, 3.63) is 0 Å². The van der Waals surface area contributed by atoms with E-state index in [9.17, 15) is 0 Å². The Labute approximate surface area is 86.8 Å². The van der Waals surface area contributed by atoms with Gasteiger partial charge < -0.3 is 10.1 Å². The molecule has 0 heterocycles. The lowest BCUT2D eigenvalue weighted by molar-refractivity contribution is 0.149. The fraction of sp³-hybridized carbons (Fsp3) is 1.00. The first kappa shape index (κ1) is 13.3. The molecule has 0 bridgehead atoms. The smallest absolute Gasteiger partial charge is 0.0590 e. The summed E-state index contributed by atoms with van der Waals surface area (Å²) in [5, 5.41) is 3.37. The van der Waals surface area contributed by atoms with E-state index in [-0.39, 0.29) is 0 Å². The Morgan fingerprint density at radius 2 is 2.00 bits per heavy atom. The van der Waals surface area contributed by atoms with E-state index in [1.165, 1.54) is 25.0 Å². The Balaban J connectivity index is 2.76. The van der Waals surface area contributed by atoms with Crippen molar-refractivity contribution < 1.29 is 4.74 Å². The molecule has 0 aromatic carbocycles. The van der Waals surface area contributed by atoms with Gasteiger partial charge >= 0.3 is 0 Å². The van der Waals surface area contributed by atoms with Gasteiger partial charge in [-0.2, -0.15) is 11.8 Å². The van der Waals surface area contributed by atoms with Crippen molar-refractivity contribution in [1.82, 2.24) is 5.32 Å². The van der Waals surface area contributed by atoms with Crippen molar-refractivity contribution in [3.63, 3.8) is 0 Å². The molecule has 0 atom stereocenters. The van der Waals surface area contributed by atoms with Crippen LogP contribution in [0.25, 0.3) is 0 Å². The molecule has 0 unspecified atom stereocenters. The second kappa shape index (κ2) is 12.3. The lowest BCUT2D eigenvalue weighted by atomic mass is 10.2. The van der Waals surface area contributed by atoms with Crippen molar-refractivity contribution in [3.8, 4) is 0 Å². The zero-order valence-corrected chi connectivity index (χ0v) is 9.79. The van der Waals surface area contributed by atoms with Gasteiger partial charge in [0, 0.05) is 13.2 Å². The van der Waals surface area contributed by atoms with Gasteiger partial charge in [0.2, 0.25) is 0 Å². The maximum atomic E-state index is 5.21. The van der Waals surface area contributed by atoms with Crippen LogP contribution in [0.15, 0.2) is 0 Å². The highest BCUT2D eigenvalue weighted by Crippen LogP contribution is 2.00. The number of hydrogen-bond acceptors (Lipinski definition) is 3. The molecule has 1 N–H and O–H groups in total. The summed E-state index contributed by atoms with van der Waals surface area (Å²) in [6.45, 7) is 5.84. The molecule has 0 fully saturated rings. The molecule has 0 aromatic heterocycles. The fourth-order valence-electron chi connectivity index (χ4n) is 1.09. The third-order valence-electron chi connectivity index (χ3n) is 1.83. The third kappa shape index (κ3) is 12.3.